The summed E-state index contributed by atoms with van der Waals surface area (Å²) >= 11 is 1.78. The second kappa shape index (κ2) is 24.6. The molecule has 0 atom stereocenters. The molecule has 0 saturated carbocycles. The molecule has 72 heavy (non-hydrogen) atoms. The van der Waals surface area contributed by atoms with Crippen molar-refractivity contribution in [3.8, 4) is 0 Å². The lowest BCUT2D eigenvalue weighted by Crippen LogP contribution is -2.35. The Balaban J connectivity index is 0.654. The molecule has 1 aliphatic heterocycles. The maximum absolute atomic E-state index is 13.3. The number of unbranched alkanes of at least 4 members (excludes halogenated alkanes) is 8. The van der Waals surface area contributed by atoms with Gasteiger partial charge < -0.3 is 15.5 Å². The van der Waals surface area contributed by atoms with Crippen LogP contribution in [-0.4, -0.2) is 41.2 Å². The summed E-state index contributed by atoms with van der Waals surface area (Å²) in [4.78, 5) is 40.1. The first-order chi connectivity index (χ1) is 35.6. The van der Waals surface area contributed by atoms with Crippen molar-refractivity contribution in [1.82, 2.24) is 9.97 Å². The summed E-state index contributed by atoms with van der Waals surface area (Å²) in [5, 5.41) is 12.4. The Morgan fingerprint density at radius 1 is 0.556 bits per heavy atom. The fraction of sp³-hybridized carbons (Fsp3) is 0.413. The van der Waals surface area contributed by atoms with Gasteiger partial charge in [0, 0.05) is 89.5 Å². The van der Waals surface area contributed by atoms with Crippen LogP contribution in [0.3, 0.4) is 0 Å². The largest absolute Gasteiger partial charge is 0.384 e. The lowest BCUT2D eigenvalue weighted by molar-refractivity contribution is -0.670. The number of fused-ring (bicyclic) bond motifs is 6. The van der Waals surface area contributed by atoms with E-state index < -0.39 is 0 Å². The van der Waals surface area contributed by atoms with Crippen LogP contribution in [0.1, 0.15) is 144 Å². The van der Waals surface area contributed by atoms with Gasteiger partial charge in [-0.15, -0.1) is 0 Å². The Kier molecular flexibility index (Phi) is 16.9. The van der Waals surface area contributed by atoms with Crippen molar-refractivity contribution >= 4 is 79.2 Å². The van der Waals surface area contributed by atoms with Crippen molar-refractivity contribution < 1.29 is 14.2 Å². The first-order valence-electron chi connectivity index (χ1n) is 27.6. The first-order valence-corrected chi connectivity index (χ1v) is 28.4. The molecule has 10 rings (SSSR count). The van der Waals surface area contributed by atoms with Crippen LogP contribution in [0.5, 0.6) is 0 Å². The molecule has 8 nitrogen and oxygen atoms in total. The number of carbonyl (C=O) groups is 2. The number of carbonyl (C=O) groups excluding carboxylic acids is 2. The number of rotatable bonds is 25. The second-order valence-electron chi connectivity index (χ2n) is 20.4. The molecule has 2 aliphatic carbocycles. The van der Waals surface area contributed by atoms with Gasteiger partial charge in [0.1, 0.15) is 11.6 Å². The van der Waals surface area contributed by atoms with Crippen molar-refractivity contribution in [1.29, 1.82) is 0 Å². The van der Waals surface area contributed by atoms with Crippen molar-refractivity contribution in [2.24, 2.45) is 0 Å². The zero-order valence-electron chi connectivity index (χ0n) is 42.4. The predicted molar refractivity (Wildman–Crippen MR) is 300 cm³/mol. The molecule has 0 bridgehead atoms. The molecule has 2 N–H and O–H groups in total. The molecular formula is C63H73N6O2S+. The zero-order chi connectivity index (χ0) is 48.9. The molecular weight excluding hydrogens is 905 g/mol. The van der Waals surface area contributed by atoms with Crippen LogP contribution in [0.15, 0.2) is 119 Å². The summed E-state index contributed by atoms with van der Waals surface area (Å²) in [5.41, 5.74) is 13.7. The highest BCUT2D eigenvalue weighted by molar-refractivity contribution is 8.03. The van der Waals surface area contributed by atoms with Crippen molar-refractivity contribution in [2.75, 3.05) is 35.2 Å². The van der Waals surface area contributed by atoms with Gasteiger partial charge in [-0.05, 0) is 130 Å². The SMILES string of the molecule is O=C(CCCCCCCNc1c2c(nc3ccccc13)CCCC2)CCN1C(=Cc2cc[n+](CCC(=O)CCCCCCCNc3c4c(nc5ccccc35)CCCC4)c3ccccc23)Sc2ccccc21. The number of aryl methyl sites for hydroxylation is 3. The molecule has 4 aromatic carbocycles. The molecule has 0 fully saturated rings. The van der Waals surface area contributed by atoms with Gasteiger partial charge in [-0.25, -0.2) is 0 Å². The molecule has 7 aromatic rings. The number of thioether (sulfide) groups is 1. The Bertz CT molecular complexity index is 3050. The minimum atomic E-state index is 0.343. The minimum absolute atomic E-state index is 0.343. The Labute approximate surface area is 431 Å². The van der Waals surface area contributed by atoms with Crippen LogP contribution in [0, 0.1) is 0 Å². The van der Waals surface area contributed by atoms with E-state index in [9.17, 15) is 9.59 Å². The number of ketones is 2. The van der Waals surface area contributed by atoms with Crippen molar-refractivity contribution in [3.05, 3.63) is 142 Å². The maximum atomic E-state index is 13.3. The third-order valence-corrected chi connectivity index (χ3v) is 16.4. The van der Waals surface area contributed by atoms with E-state index in [-0.39, 0.29) is 0 Å². The highest BCUT2D eigenvalue weighted by atomic mass is 32.2. The van der Waals surface area contributed by atoms with E-state index in [1.54, 1.807) is 11.8 Å². The number of anilines is 3. The molecule has 0 radical (unpaired) electrons. The van der Waals surface area contributed by atoms with Crippen LogP contribution in [0.4, 0.5) is 17.1 Å². The summed E-state index contributed by atoms with van der Waals surface area (Å²) in [6.45, 7) is 3.29. The Morgan fingerprint density at radius 3 is 1.74 bits per heavy atom. The van der Waals surface area contributed by atoms with Crippen LogP contribution in [0.25, 0.3) is 38.8 Å². The van der Waals surface area contributed by atoms with Gasteiger partial charge >= 0.3 is 0 Å². The van der Waals surface area contributed by atoms with Crippen LogP contribution in [0.2, 0.25) is 0 Å². The minimum Gasteiger partial charge on any atom is -0.384 e. The number of nitrogens with one attached hydrogen (secondary N) is 2. The average Bonchev–Trinajstić information content (AvgIpc) is 3.77. The number of Topliss-reactive ketones (excluding diaryl/α,β-unsaturated/α-hetero) is 2. The first kappa shape index (κ1) is 49.5. The van der Waals surface area contributed by atoms with Crippen LogP contribution >= 0.6 is 11.8 Å². The predicted octanol–water partition coefficient (Wildman–Crippen LogP) is 14.7. The molecule has 3 aliphatic rings. The zero-order valence-corrected chi connectivity index (χ0v) is 43.2. The molecule has 4 heterocycles. The third kappa shape index (κ3) is 12.1. The summed E-state index contributed by atoms with van der Waals surface area (Å²) in [7, 11) is 0. The van der Waals surface area contributed by atoms with Gasteiger partial charge in [-0.3, -0.25) is 19.6 Å². The summed E-state index contributed by atoms with van der Waals surface area (Å²) < 4.78 is 2.24. The van der Waals surface area contributed by atoms with Crippen LogP contribution in [-0.2, 0) is 41.8 Å². The lowest BCUT2D eigenvalue weighted by atomic mass is 9.92. The molecule has 0 amide bonds. The molecule has 0 unspecified atom stereocenters. The number of aromatic nitrogens is 3. The number of nitrogens with zero attached hydrogens (tertiary/aromatic N) is 4. The highest BCUT2D eigenvalue weighted by Crippen LogP contribution is 2.47. The van der Waals surface area contributed by atoms with Gasteiger partial charge in [-0.2, -0.15) is 4.57 Å². The van der Waals surface area contributed by atoms with Gasteiger partial charge in [0.25, 0.3) is 0 Å². The van der Waals surface area contributed by atoms with E-state index in [1.165, 1.54) is 99.2 Å². The van der Waals surface area contributed by atoms with Gasteiger partial charge in [0.15, 0.2) is 12.7 Å². The van der Waals surface area contributed by atoms with E-state index in [0.717, 1.165) is 117 Å². The van der Waals surface area contributed by atoms with Gasteiger partial charge in [0.2, 0.25) is 5.52 Å². The quantitative estimate of drug-likeness (QED) is 0.0432. The van der Waals surface area contributed by atoms with E-state index in [1.807, 2.05) is 0 Å². The number of benzene rings is 4. The van der Waals surface area contributed by atoms with Gasteiger partial charge in [-0.1, -0.05) is 111 Å². The number of pyridine rings is 3. The fourth-order valence-electron chi connectivity index (χ4n) is 11.4. The Morgan fingerprint density at radius 2 is 1.08 bits per heavy atom. The Hall–Kier alpha value is -6.06. The van der Waals surface area contributed by atoms with E-state index in [4.69, 9.17) is 9.97 Å². The second-order valence-corrected chi connectivity index (χ2v) is 21.5. The van der Waals surface area contributed by atoms with Crippen LogP contribution < -0.4 is 20.1 Å². The monoisotopic (exact) mass is 978 g/mol. The third-order valence-electron chi connectivity index (χ3n) is 15.3. The summed E-state index contributed by atoms with van der Waals surface area (Å²) in [5.74, 6) is 0.688. The molecule has 0 saturated heterocycles. The van der Waals surface area contributed by atoms with E-state index in [0.29, 0.717) is 50.3 Å². The topological polar surface area (TPSA) is 91.1 Å². The smallest absolute Gasteiger partial charge is 0.213 e. The standard InChI is InChI=1S/C63H73N6O2S/c70-47(23-7-3-1-5-21-40-64-62-50-26-9-14-30-54(50)66-55-31-15-10-27-51(55)62)38-43-68-42-37-46(49-25-13-18-34-58(49)68)45-61-69(59-35-19-20-36-60(59)72-61)44-39-48(71)24-8-4-2-6-22-41-65-63-52-28-11-16-32-56(52)67-57-33-17-12-29-53(57)63/h9,11,13-14,16,18-20,25-26,28,30,32,34-37,42,45H,1-8,10,12,15,17,21-24,27,29,31,33,38-41,43-44H2,(H,64,66)(H,65,67)/q+1. The molecule has 9 heteroatoms. The highest BCUT2D eigenvalue weighted by Gasteiger charge is 2.26. The molecule has 3 aromatic heterocycles. The van der Waals surface area contributed by atoms with Crippen molar-refractivity contribution in [2.45, 2.75) is 153 Å². The summed E-state index contributed by atoms with van der Waals surface area (Å²) in [6, 6.07) is 36.4. The molecule has 0 spiro atoms. The summed E-state index contributed by atoms with van der Waals surface area (Å²) in [6.07, 6.45) is 27.2. The molecule has 372 valence electrons. The maximum Gasteiger partial charge on any atom is 0.213 e. The fourth-order valence-corrected chi connectivity index (χ4v) is 12.6. The van der Waals surface area contributed by atoms with Gasteiger partial charge in [0.05, 0.1) is 33.6 Å². The lowest BCUT2D eigenvalue weighted by Gasteiger charge is -2.21. The van der Waals surface area contributed by atoms with E-state index in [2.05, 4.69) is 136 Å². The number of para-hydroxylation sites is 4. The van der Waals surface area contributed by atoms with E-state index >= 15 is 0 Å². The van der Waals surface area contributed by atoms with Crippen molar-refractivity contribution in [3.63, 3.8) is 0 Å². The number of hydrogen-bond acceptors (Lipinski definition) is 8. The number of hydrogen-bond donors (Lipinski definition) is 2. The normalized spacial score (nSPS) is 14.7. The average molecular weight is 978 g/mol.